The summed E-state index contributed by atoms with van der Waals surface area (Å²) >= 11 is 3.22. The molecule has 98 valence electrons. The third kappa shape index (κ3) is 2.80. The van der Waals surface area contributed by atoms with E-state index in [1.807, 2.05) is 4.90 Å². The topological polar surface area (TPSA) is 59.3 Å². The predicted octanol–water partition coefficient (Wildman–Crippen LogP) is 3.38. The van der Waals surface area contributed by atoms with E-state index in [0.29, 0.717) is 16.2 Å². The van der Waals surface area contributed by atoms with E-state index >= 15 is 0 Å². The van der Waals surface area contributed by atoms with Crippen LogP contribution in [-0.4, -0.2) is 23.0 Å². The third-order valence-electron chi connectivity index (χ3n) is 3.29. The van der Waals surface area contributed by atoms with E-state index in [1.165, 1.54) is 12.5 Å². The van der Waals surface area contributed by atoms with Gasteiger partial charge >= 0.3 is 5.69 Å². The summed E-state index contributed by atoms with van der Waals surface area (Å²) in [7, 11) is 0. The molecule has 1 fully saturated rings. The van der Waals surface area contributed by atoms with Crippen LogP contribution >= 0.6 is 15.9 Å². The maximum atomic E-state index is 11.1. The highest BCUT2D eigenvalue weighted by atomic mass is 79.9. The maximum absolute atomic E-state index is 11.1. The number of nitrogens with zero attached hydrogens (tertiary/aromatic N) is 3. The van der Waals surface area contributed by atoms with Gasteiger partial charge in [-0.1, -0.05) is 13.3 Å². The summed E-state index contributed by atoms with van der Waals surface area (Å²) in [6.07, 6.45) is 5.06. The number of rotatable bonds is 4. The molecule has 0 bridgehead atoms. The van der Waals surface area contributed by atoms with Crippen LogP contribution in [0.2, 0.25) is 0 Å². The molecule has 0 spiro atoms. The molecule has 2 heterocycles. The molecule has 0 aromatic carbocycles. The van der Waals surface area contributed by atoms with Crippen molar-refractivity contribution in [3.05, 3.63) is 26.9 Å². The maximum Gasteiger partial charge on any atom is 0.312 e. The Hall–Kier alpha value is -1.17. The normalized spacial score (nSPS) is 19.2. The first-order valence-corrected chi connectivity index (χ1v) is 6.96. The van der Waals surface area contributed by atoms with Gasteiger partial charge in [0.15, 0.2) is 0 Å². The molecule has 1 aromatic rings. The first-order valence-electron chi connectivity index (χ1n) is 6.16. The summed E-state index contributed by atoms with van der Waals surface area (Å²) in [5.41, 5.74) is 0.0847. The molecule has 1 aliphatic heterocycles. The molecule has 0 radical (unpaired) electrons. The zero-order valence-electron chi connectivity index (χ0n) is 10.3. The van der Waals surface area contributed by atoms with Crippen LogP contribution in [0.15, 0.2) is 16.7 Å². The molecule has 0 saturated carbocycles. The lowest BCUT2D eigenvalue weighted by Crippen LogP contribution is -2.21. The zero-order chi connectivity index (χ0) is 13.1. The van der Waals surface area contributed by atoms with Gasteiger partial charge in [0.05, 0.1) is 4.92 Å². The summed E-state index contributed by atoms with van der Waals surface area (Å²) in [6, 6.07) is 1.52. The first-order chi connectivity index (χ1) is 8.61. The van der Waals surface area contributed by atoms with Crippen molar-refractivity contribution in [2.24, 2.45) is 5.92 Å². The lowest BCUT2D eigenvalue weighted by Gasteiger charge is -2.17. The first kappa shape index (κ1) is 13.3. The van der Waals surface area contributed by atoms with Crippen molar-refractivity contribution >= 4 is 27.4 Å². The van der Waals surface area contributed by atoms with Gasteiger partial charge in [-0.05, 0) is 34.7 Å². The lowest BCUT2D eigenvalue weighted by atomic mass is 10.0. The highest BCUT2D eigenvalue weighted by Crippen LogP contribution is 2.33. The minimum absolute atomic E-state index is 0.0847. The van der Waals surface area contributed by atoms with Crippen LogP contribution in [0.1, 0.15) is 26.2 Å². The van der Waals surface area contributed by atoms with Crippen LogP contribution in [-0.2, 0) is 0 Å². The minimum atomic E-state index is -0.361. The van der Waals surface area contributed by atoms with E-state index in [1.54, 1.807) is 6.20 Å². The Morgan fingerprint density at radius 1 is 1.67 bits per heavy atom. The van der Waals surface area contributed by atoms with Crippen molar-refractivity contribution in [1.82, 2.24) is 4.98 Å². The molecule has 18 heavy (non-hydrogen) atoms. The van der Waals surface area contributed by atoms with Gasteiger partial charge < -0.3 is 4.90 Å². The van der Waals surface area contributed by atoms with Gasteiger partial charge in [0, 0.05) is 29.8 Å². The molecule has 1 aliphatic rings. The van der Waals surface area contributed by atoms with Crippen molar-refractivity contribution < 1.29 is 4.92 Å². The SMILES string of the molecule is CCCC1CCN(c2ncc(Br)cc2[N+](=O)[O-])C1. The summed E-state index contributed by atoms with van der Waals surface area (Å²) in [4.78, 5) is 16.9. The average molecular weight is 314 g/mol. The van der Waals surface area contributed by atoms with E-state index in [2.05, 4.69) is 27.8 Å². The van der Waals surface area contributed by atoms with Crippen LogP contribution in [0.25, 0.3) is 0 Å². The van der Waals surface area contributed by atoms with Gasteiger partial charge in [-0.3, -0.25) is 10.1 Å². The summed E-state index contributed by atoms with van der Waals surface area (Å²) < 4.78 is 0.641. The Labute approximate surface area is 114 Å². The summed E-state index contributed by atoms with van der Waals surface area (Å²) in [6.45, 7) is 3.91. The number of anilines is 1. The van der Waals surface area contributed by atoms with E-state index < -0.39 is 0 Å². The van der Waals surface area contributed by atoms with Crippen LogP contribution in [0.3, 0.4) is 0 Å². The molecule has 1 atom stereocenters. The molecule has 1 unspecified atom stereocenters. The fourth-order valence-electron chi connectivity index (χ4n) is 2.47. The second kappa shape index (κ2) is 5.65. The van der Waals surface area contributed by atoms with Crippen LogP contribution < -0.4 is 4.90 Å². The van der Waals surface area contributed by atoms with E-state index in [9.17, 15) is 10.1 Å². The molecule has 5 nitrogen and oxygen atoms in total. The summed E-state index contributed by atoms with van der Waals surface area (Å²) in [5.74, 6) is 1.14. The second-order valence-electron chi connectivity index (χ2n) is 4.64. The Morgan fingerprint density at radius 2 is 2.44 bits per heavy atom. The Morgan fingerprint density at radius 3 is 3.11 bits per heavy atom. The quantitative estimate of drug-likeness (QED) is 0.631. The number of pyridine rings is 1. The fraction of sp³-hybridized carbons (Fsp3) is 0.583. The van der Waals surface area contributed by atoms with Crippen LogP contribution in [0.5, 0.6) is 0 Å². The van der Waals surface area contributed by atoms with Gasteiger partial charge in [0.2, 0.25) is 5.82 Å². The van der Waals surface area contributed by atoms with Crippen molar-refractivity contribution in [3.63, 3.8) is 0 Å². The molecule has 0 amide bonds. The number of aromatic nitrogens is 1. The van der Waals surface area contributed by atoms with Gasteiger partial charge in [-0.15, -0.1) is 0 Å². The highest BCUT2D eigenvalue weighted by Gasteiger charge is 2.28. The van der Waals surface area contributed by atoms with Crippen LogP contribution in [0, 0.1) is 16.0 Å². The number of halogens is 1. The Balaban J connectivity index is 2.21. The lowest BCUT2D eigenvalue weighted by molar-refractivity contribution is -0.384. The molecule has 6 heteroatoms. The van der Waals surface area contributed by atoms with Gasteiger partial charge in [-0.25, -0.2) is 4.98 Å². The van der Waals surface area contributed by atoms with E-state index in [4.69, 9.17) is 0 Å². The average Bonchev–Trinajstić information content (AvgIpc) is 2.78. The van der Waals surface area contributed by atoms with Crippen molar-refractivity contribution in [1.29, 1.82) is 0 Å². The molecule has 1 aromatic heterocycles. The number of hydrogen-bond donors (Lipinski definition) is 0. The van der Waals surface area contributed by atoms with Crippen molar-refractivity contribution in [2.45, 2.75) is 26.2 Å². The largest absolute Gasteiger partial charge is 0.351 e. The number of hydrogen-bond acceptors (Lipinski definition) is 4. The van der Waals surface area contributed by atoms with Gasteiger partial charge in [0.25, 0.3) is 0 Å². The molecular formula is C12H16BrN3O2. The minimum Gasteiger partial charge on any atom is -0.351 e. The van der Waals surface area contributed by atoms with Gasteiger partial charge in [-0.2, -0.15) is 0 Å². The molecule has 0 N–H and O–H groups in total. The molecular weight excluding hydrogens is 298 g/mol. The van der Waals surface area contributed by atoms with E-state index in [0.717, 1.165) is 25.9 Å². The molecule has 1 saturated heterocycles. The smallest absolute Gasteiger partial charge is 0.312 e. The van der Waals surface area contributed by atoms with Crippen molar-refractivity contribution in [2.75, 3.05) is 18.0 Å². The van der Waals surface area contributed by atoms with Crippen molar-refractivity contribution in [3.8, 4) is 0 Å². The van der Waals surface area contributed by atoms with Gasteiger partial charge in [0.1, 0.15) is 0 Å². The summed E-state index contributed by atoms with van der Waals surface area (Å²) in [5, 5.41) is 11.1. The standard InChI is InChI=1S/C12H16BrN3O2/c1-2-3-9-4-5-15(8-9)12-11(16(17)18)6-10(13)7-14-12/h6-7,9H,2-5,8H2,1H3. The highest BCUT2D eigenvalue weighted by molar-refractivity contribution is 9.10. The predicted molar refractivity (Wildman–Crippen MR) is 73.8 cm³/mol. The monoisotopic (exact) mass is 313 g/mol. The number of nitro groups is 1. The zero-order valence-corrected chi connectivity index (χ0v) is 11.9. The van der Waals surface area contributed by atoms with Crippen LogP contribution in [0.4, 0.5) is 11.5 Å². The molecule has 2 rings (SSSR count). The fourth-order valence-corrected chi connectivity index (χ4v) is 2.79. The second-order valence-corrected chi connectivity index (χ2v) is 5.56. The van der Waals surface area contributed by atoms with E-state index in [-0.39, 0.29) is 10.6 Å². The molecule has 0 aliphatic carbocycles. The Bertz CT molecular complexity index is 453. The third-order valence-corrected chi connectivity index (χ3v) is 3.73. The Kier molecular flexibility index (Phi) is 4.16.